The maximum atomic E-state index is 5.66. The van der Waals surface area contributed by atoms with Gasteiger partial charge in [-0.2, -0.15) is 4.98 Å². The Hall–Kier alpha value is -2.10. The average Bonchev–Trinajstić information content (AvgIpc) is 2.61. The van der Waals surface area contributed by atoms with Crippen LogP contribution in [-0.4, -0.2) is 14.5 Å². The van der Waals surface area contributed by atoms with Crippen molar-refractivity contribution >= 4 is 27.9 Å². The first-order valence-electron chi connectivity index (χ1n) is 5.71. The molecule has 2 aromatic heterocycles. The van der Waals surface area contributed by atoms with Crippen LogP contribution in [0.15, 0.2) is 24.4 Å². The summed E-state index contributed by atoms with van der Waals surface area (Å²) in [6.07, 6.45) is 1.81. The van der Waals surface area contributed by atoms with Gasteiger partial charge >= 0.3 is 0 Å². The molecular formula is C13H14N4. The van der Waals surface area contributed by atoms with Gasteiger partial charge in [0.25, 0.3) is 0 Å². The van der Waals surface area contributed by atoms with Crippen LogP contribution in [0.1, 0.15) is 12.5 Å². The molecule has 0 bridgehead atoms. The van der Waals surface area contributed by atoms with E-state index in [0.717, 1.165) is 17.6 Å². The zero-order valence-electron chi connectivity index (χ0n) is 9.94. The highest BCUT2D eigenvalue weighted by atomic mass is 15.1. The minimum absolute atomic E-state index is 0.326. The first-order valence-corrected chi connectivity index (χ1v) is 5.71. The highest BCUT2D eigenvalue weighted by Gasteiger charge is 2.11. The zero-order chi connectivity index (χ0) is 12.0. The van der Waals surface area contributed by atoms with Crippen molar-refractivity contribution in [2.24, 2.45) is 0 Å². The molecule has 0 radical (unpaired) electrons. The second kappa shape index (κ2) is 3.45. The third-order valence-electron chi connectivity index (χ3n) is 3.09. The molecule has 0 atom stereocenters. The Morgan fingerprint density at radius 3 is 2.88 bits per heavy atom. The van der Waals surface area contributed by atoms with Crippen LogP contribution in [0.5, 0.6) is 0 Å². The fourth-order valence-electron chi connectivity index (χ4n) is 2.32. The van der Waals surface area contributed by atoms with E-state index in [1.165, 1.54) is 16.5 Å². The van der Waals surface area contributed by atoms with E-state index in [1.54, 1.807) is 0 Å². The van der Waals surface area contributed by atoms with Gasteiger partial charge in [-0.1, -0.05) is 11.6 Å². The summed E-state index contributed by atoms with van der Waals surface area (Å²) in [6, 6.07) is 6.42. The van der Waals surface area contributed by atoms with Gasteiger partial charge in [0.1, 0.15) is 5.65 Å². The molecule has 0 fully saturated rings. The molecule has 3 aromatic rings. The van der Waals surface area contributed by atoms with Crippen molar-refractivity contribution in [2.45, 2.75) is 20.4 Å². The summed E-state index contributed by atoms with van der Waals surface area (Å²) >= 11 is 0. The maximum Gasteiger partial charge on any atom is 0.221 e. The summed E-state index contributed by atoms with van der Waals surface area (Å²) in [4.78, 5) is 8.43. The molecule has 0 saturated heterocycles. The van der Waals surface area contributed by atoms with Crippen LogP contribution in [0.25, 0.3) is 21.9 Å². The summed E-state index contributed by atoms with van der Waals surface area (Å²) in [5.74, 6) is 0.326. The fraction of sp³-hybridized carbons (Fsp3) is 0.231. The van der Waals surface area contributed by atoms with Crippen molar-refractivity contribution in [3.8, 4) is 0 Å². The number of aromatic nitrogens is 3. The normalized spacial score (nSPS) is 11.4. The number of hydrogen-bond donors (Lipinski definition) is 1. The van der Waals surface area contributed by atoms with Gasteiger partial charge in [0.2, 0.25) is 5.95 Å². The van der Waals surface area contributed by atoms with Gasteiger partial charge in [0, 0.05) is 23.5 Å². The molecule has 3 rings (SSSR count). The molecule has 4 nitrogen and oxygen atoms in total. The zero-order valence-corrected chi connectivity index (χ0v) is 9.94. The molecule has 2 heterocycles. The number of nitrogen functional groups attached to an aromatic ring is 1. The molecule has 0 aliphatic heterocycles. The van der Waals surface area contributed by atoms with Crippen LogP contribution < -0.4 is 5.73 Å². The van der Waals surface area contributed by atoms with E-state index in [1.807, 2.05) is 6.20 Å². The van der Waals surface area contributed by atoms with Crippen molar-refractivity contribution in [3.63, 3.8) is 0 Å². The fourth-order valence-corrected chi connectivity index (χ4v) is 2.32. The Balaban J connectivity index is 2.56. The molecule has 0 aliphatic rings. The number of fused-ring (bicyclic) bond motifs is 3. The van der Waals surface area contributed by atoms with Gasteiger partial charge in [-0.05, 0) is 26.0 Å². The SMILES string of the molecule is CCn1c2ccc(C)cc2c2cnc(N)nc21. The van der Waals surface area contributed by atoms with E-state index < -0.39 is 0 Å². The third kappa shape index (κ3) is 1.37. The molecule has 0 aliphatic carbocycles. The standard InChI is InChI=1S/C13H14N4/c1-3-17-11-5-4-8(2)6-9(11)10-7-15-13(14)16-12(10)17/h4-7H,3H2,1-2H3,(H2,14,15,16). The average molecular weight is 226 g/mol. The molecule has 0 saturated carbocycles. The predicted octanol–water partition coefficient (Wildman–Crippen LogP) is 2.50. The largest absolute Gasteiger partial charge is 0.368 e. The van der Waals surface area contributed by atoms with Gasteiger partial charge < -0.3 is 10.3 Å². The lowest BCUT2D eigenvalue weighted by Gasteiger charge is -2.01. The number of anilines is 1. The Morgan fingerprint density at radius 2 is 2.12 bits per heavy atom. The molecule has 17 heavy (non-hydrogen) atoms. The highest BCUT2D eigenvalue weighted by Crippen LogP contribution is 2.28. The quantitative estimate of drug-likeness (QED) is 0.693. The minimum atomic E-state index is 0.326. The van der Waals surface area contributed by atoms with Crippen LogP contribution in [0.2, 0.25) is 0 Å². The van der Waals surface area contributed by atoms with Gasteiger partial charge in [-0.3, -0.25) is 0 Å². The highest BCUT2D eigenvalue weighted by molar-refractivity contribution is 6.06. The number of hydrogen-bond acceptors (Lipinski definition) is 3. The lowest BCUT2D eigenvalue weighted by atomic mass is 10.1. The van der Waals surface area contributed by atoms with Crippen molar-refractivity contribution in [1.29, 1.82) is 0 Å². The van der Waals surface area contributed by atoms with Gasteiger partial charge in [-0.15, -0.1) is 0 Å². The van der Waals surface area contributed by atoms with Crippen LogP contribution in [0.4, 0.5) is 5.95 Å². The first-order chi connectivity index (χ1) is 8.20. The molecule has 4 heteroatoms. The van der Waals surface area contributed by atoms with Crippen LogP contribution in [0.3, 0.4) is 0 Å². The molecule has 0 spiro atoms. The minimum Gasteiger partial charge on any atom is -0.368 e. The van der Waals surface area contributed by atoms with Gasteiger partial charge in [0.15, 0.2) is 0 Å². The molecule has 0 unspecified atom stereocenters. The van der Waals surface area contributed by atoms with E-state index in [-0.39, 0.29) is 0 Å². The smallest absolute Gasteiger partial charge is 0.221 e. The Bertz CT molecular complexity index is 712. The third-order valence-corrected chi connectivity index (χ3v) is 3.09. The number of benzene rings is 1. The molecule has 1 aromatic carbocycles. The summed E-state index contributed by atoms with van der Waals surface area (Å²) in [5, 5.41) is 2.27. The number of rotatable bonds is 1. The van der Waals surface area contributed by atoms with E-state index in [0.29, 0.717) is 5.95 Å². The van der Waals surface area contributed by atoms with Crippen molar-refractivity contribution < 1.29 is 0 Å². The first kappa shape index (κ1) is 10.1. The van der Waals surface area contributed by atoms with Crippen LogP contribution >= 0.6 is 0 Å². The van der Waals surface area contributed by atoms with Crippen molar-refractivity contribution in [1.82, 2.24) is 14.5 Å². The lowest BCUT2D eigenvalue weighted by molar-refractivity contribution is 0.815. The number of aryl methyl sites for hydroxylation is 2. The number of nitrogens with two attached hydrogens (primary N) is 1. The van der Waals surface area contributed by atoms with E-state index in [2.05, 4.69) is 46.6 Å². The Morgan fingerprint density at radius 1 is 1.29 bits per heavy atom. The summed E-state index contributed by atoms with van der Waals surface area (Å²) < 4.78 is 2.17. The van der Waals surface area contributed by atoms with E-state index >= 15 is 0 Å². The second-order valence-corrected chi connectivity index (χ2v) is 4.23. The summed E-state index contributed by atoms with van der Waals surface area (Å²) in [5.41, 5.74) is 9.01. The number of nitrogens with zero attached hydrogens (tertiary/aromatic N) is 3. The molecule has 0 amide bonds. The van der Waals surface area contributed by atoms with Crippen LogP contribution in [0, 0.1) is 6.92 Å². The van der Waals surface area contributed by atoms with E-state index in [9.17, 15) is 0 Å². The second-order valence-electron chi connectivity index (χ2n) is 4.23. The molecule has 86 valence electrons. The van der Waals surface area contributed by atoms with E-state index in [4.69, 9.17) is 5.73 Å². The van der Waals surface area contributed by atoms with Gasteiger partial charge in [0.05, 0.1) is 5.52 Å². The van der Waals surface area contributed by atoms with Crippen molar-refractivity contribution in [2.75, 3.05) is 5.73 Å². The lowest BCUT2D eigenvalue weighted by Crippen LogP contribution is -1.99. The topological polar surface area (TPSA) is 56.7 Å². The monoisotopic (exact) mass is 226 g/mol. The summed E-state index contributed by atoms with van der Waals surface area (Å²) in [7, 11) is 0. The summed E-state index contributed by atoms with van der Waals surface area (Å²) in [6.45, 7) is 5.07. The van der Waals surface area contributed by atoms with Gasteiger partial charge in [-0.25, -0.2) is 4.98 Å². The molecule has 2 N–H and O–H groups in total. The Labute approximate surface area is 99.1 Å². The van der Waals surface area contributed by atoms with Crippen molar-refractivity contribution in [3.05, 3.63) is 30.0 Å². The maximum absolute atomic E-state index is 5.66. The van der Waals surface area contributed by atoms with Crippen LogP contribution in [-0.2, 0) is 6.54 Å². The predicted molar refractivity (Wildman–Crippen MR) is 69.9 cm³/mol. The molecular weight excluding hydrogens is 212 g/mol. The Kier molecular flexibility index (Phi) is 2.04.